The van der Waals surface area contributed by atoms with Crippen LogP contribution in [0.4, 0.5) is 0 Å². The van der Waals surface area contributed by atoms with Crippen molar-refractivity contribution in [3.8, 4) is 0 Å². The van der Waals surface area contributed by atoms with E-state index in [1.165, 1.54) is 6.42 Å². The number of rotatable bonds is 7. The van der Waals surface area contributed by atoms with Crippen molar-refractivity contribution < 1.29 is 9.47 Å². The van der Waals surface area contributed by atoms with E-state index in [2.05, 4.69) is 34.0 Å². The van der Waals surface area contributed by atoms with Crippen molar-refractivity contribution >= 4 is 29.9 Å². The molecule has 0 aromatic heterocycles. The maximum Gasteiger partial charge on any atom is 0.193 e. The summed E-state index contributed by atoms with van der Waals surface area (Å²) in [4.78, 5) is 9.39. The number of likely N-dealkylation sites (tertiary alicyclic amines) is 1. The van der Waals surface area contributed by atoms with Gasteiger partial charge in [-0.25, -0.2) is 0 Å². The molecule has 2 saturated heterocycles. The number of morpholine rings is 1. The van der Waals surface area contributed by atoms with E-state index in [9.17, 15) is 0 Å². The van der Waals surface area contributed by atoms with Gasteiger partial charge in [-0.1, -0.05) is 13.8 Å². The molecule has 6 nitrogen and oxygen atoms in total. The van der Waals surface area contributed by atoms with E-state index < -0.39 is 0 Å². The number of ether oxygens (including phenoxy) is 2. The number of hydrogen-bond acceptors (Lipinski definition) is 4. The highest BCUT2D eigenvalue weighted by molar-refractivity contribution is 14.0. The van der Waals surface area contributed by atoms with Gasteiger partial charge in [0, 0.05) is 59.0 Å². The SMILES string of the molecule is CN=C(NCCCOCC(C)C)N1CCC(N2CCOCC2)C1.I. The standard InChI is InChI=1S/C17H34N4O2.HI/c1-15(2)14-23-10-4-6-19-17(18-3)21-7-5-16(13-21)20-8-11-22-12-9-20;/h15-16H,4-14H2,1-3H3,(H,18,19);1H. The molecule has 0 saturated carbocycles. The van der Waals surface area contributed by atoms with Crippen LogP contribution in [0.1, 0.15) is 26.7 Å². The smallest absolute Gasteiger partial charge is 0.193 e. The molecule has 0 bridgehead atoms. The zero-order valence-electron chi connectivity index (χ0n) is 15.5. The van der Waals surface area contributed by atoms with Gasteiger partial charge in [-0.15, -0.1) is 24.0 Å². The summed E-state index contributed by atoms with van der Waals surface area (Å²) in [5, 5.41) is 3.48. The lowest BCUT2D eigenvalue weighted by atomic mass is 10.2. The highest BCUT2D eigenvalue weighted by Crippen LogP contribution is 2.16. The van der Waals surface area contributed by atoms with E-state index in [0.717, 1.165) is 71.5 Å². The van der Waals surface area contributed by atoms with Crippen LogP contribution >= 0.6 is 24.0 Å². The van der Waals surface area contributed by atoms with E-state index in [-0.39, 0.29) is 24.0 Å². The number of guanidine groups is 1. The molecule has 2 fully saturated rings. The second kappa shape index (κ2) is 12.3. The molecule has 0 aromatic carbocycles. The fourth-order valence-electron chi connectivity index (χ4n) is 3.20. The Kier molecular flexibility index (Phi) is 11.2. The van der Waals surface area contributed by atoms with Gasteiger partial charge in [-0.2, -0.15) is 0 Å². The van der Waals surface area contributed by atoms with Crippen LogP contribution in [-0.2, 0) is 9.47 Å². The molecule has 0 radical (unpaired) electrons. The first-order valence-corrected chi connectivity index (χ1v) is 9.06. The van der Waals surface area contributed by atoms with Crippen molar-refractivity contribution in [2.24, 2.45) is 10.9 Å². The Labute approximate surface area is 164 Å². The molecular weight excluding hydrogens is 419 g/mol. The topological polar surface area (TPSA) is 49.3 Å². The largest absolute Gasteiger partial charge is 0.381 e. The van der Waals surface area contributed by atoms with Crippen LogP contribution in [0, 0.1) is 5.92 Å². The lowest BCUT2D eigenvalue weighted by Crippen LogP contribution is -2.46. The summed E-state index contributed by atoms with van der Waals surface area (Å²) in [7, 11) is 1.87. The Hall–Kier alpha value is -0.120. The van der Waals surface area contributed by atoms with Gasteiger partial charge in [0.15, 0.2) is 5.96 Å². The molecule has 1 N–H and O–H groups in total. The van der Waals surface area contributed by atoms with Crippen LogP contribution < -0.4 is 5.32 Å². The van der Waals surface area contributed by atoms with Crippen LogP contribution in [0.5, 0.6) is 0 Å². The van der Waals surface area contributed by atoms with Gasteiger partial charge >= 0.3 is 0 Å². The molecular formula is C17H35IN4O2. The highest BCUT2D eigenvalue weighted by atomic mass is 127. The molecule has 0 spiro atoms. The van der Waals surface area contributed by atoms with Crippen LogP contribution in [-0.4, -0.2) is 88.0 Å². The molecule has 142 valence electrons. The highest BCUT2D eigenvalue weighted by Gasteiger charge is 2.30. The van der Waals surface area contributed by atoms with Crippen molar-refractivity contribution in [2.45, 2.75) is 32.7 Å². The predicted octanol–water partition coefficient (Wildman–Crippen LogP) is 1.65. The van der Waals surface area contributed by atoms with Gasteiger partial charge < -0.3 is 19.7 Å². The zero-order valence-corrected chi connectivity index (χ0v) is 17.8. The minimum absolute atomic E-state index is 0. The number of hydrogen-bond donors (Lipinski definition) is 1. The van der Waals surface area contributed by atoms with Crippen molar-refractivity contribution in [3.05, 3.63) is 0 Å². The van der Waals surface area contributed by atoms with Gasteiger partial charge in [0.25, 0.3) is 0 Å². The molecule has 2 aliphatic heterocycles. The Morgan fingerprint density at radius 2 is 2.04 bits per heavy atom. The second-order valence-corrected chi connectivity index (χ2v) is 6.83. The summed E-state index contributed by atoms with van der Waals surface area (Å²) in [5.41, 5.74) is 0. The number of halogens is 1. The zero-order chi connectivity index (χ0) is 16.5. The molecule has 24 heavy (non-hydrogen) atoms. The molecule has 2 heterocycles. The summed E-state index contributed by atoms with van der Waals surface area (Å²) < 4.78 is 11.1. The predicted molar refractivity (Wildman–Crippen MR) is 109 cm³/mol. The van der Waals surface area contributed by atoms with Crippen LogP contribution in [0.3, 0.4) is 0 Å². The molecule has 0 amide bonds. The summed E-state index contributed by atoms with van der Waals surface area (Å²) in [5.74, 6) is 1.64. The lowest BCUT2D eigenvalue weighted by Gasteiger charge is -2.32. The minimum atomic E-state index is 0. The first kappa shape index (κ1) is 21.9. The quantitative estimate of drug-likeness (QED) is 0.275. The molecule has 0 aromatic rings. The third kappa shape index (κ3) is 7.41. The fraction of sp³-hybridized carbons (Fsp3) is 0.941. The average molecular weight is 454 g/mol. The summed E-state index contributed by atoms with van der Waals surface area (Å²) in [6.07, 6.45) is 2.24. The van der Waals surface area contributed by atoms with Gasteiger partial charge in [0.1, 0.15) is 0 Å². The van der Waals surface area contributed by atoms with E-state index in [0.29, 0.717) is 12.0 Å². The number of aliphatic imine (C=N–C) groups is 1. The van der Waals surface area contributed by atoms with Crippen LogP contribution in [0.2, 0.25) is 0 Å². The third-order valence-corrected chi connectivity index (χ3v) is 4.44. The normalized spacial score (nSPS) is 22.8. The molecule has 1 atom stereocenters. The number of nitrogens with one attached hydrogen (secondary N) is 1. The Balaban J connectivity index is 0.00000288. The first-order valence-electron chi connectivity index (χ1n) is 9.06. The summed E-state index contributed by atoms with van der Waals surface area (Å²) in [6.45, 7) is 13.0. The van der Waals surface area contributed by atoms with Gasteiger partial charge in [-0.3, -0.25) is 9.89 Å². The van der Waals surface area contributed by atoms with Crippen molar-refractivity contribution in [3.63, 3.8) is 0 Å². The summed E-state index contributed by atoms with van der Waals surface area (Å²) in [6, 6.07) is 0.645. The van der Waals surface area contributed by atoms with E-state index in [1.807, 2.05) is 7.05 Å². The average Bonchev–Trinajstić information content (AvgIpc) is 3.04. The monoisotopic (exact) mass is 454 g/mol. The maximum absolute atomic E-state index is 5.62. The van der Waals surface area contributed by atoms with Crippen molar-refractivity contribution in [2.75, 3.05) is 66.2 Å². The molecule has 7 heteroatoms. The van der Waals surface area contributed by atoms with Crippen molar-refractivity contribution in [1.29, 1.82) is 0 Å². The van der Waals surface area contributed by atoms with Gasteiger partial charge in [0.05, 0.1) is 13.2 Å². The Morgan fingerprint density at radius 1 is 1.29 bits per heavy atom. The van der Waals surface area contributed by atoms with Crippen LogP contribution in [0.25, 0.3) is 0 Å². The van der Waals surface area contributed by atoms with E-state index in [1.54, 1.807) is 0 Å². The molecule has 1 unspecified atom stereocenters. The maximum atomic E-state index is 5.62. The number of nitrogens with zero attached hydrogens (tertiary/aromatic N) is 3. The summed E-state index contributed by atoms with van der Waals surface area (Å²) >= 11 is 0. The van der Waals surface area contributed by atoms with Gasteiger partial charge in [0.2, 0.25) is 0 Å². The van der Waals surface area contributed by atoms with Gasteiger partial charge in [-0.05, 0) is 18.8 Å². The minimum Gasteiger partial charge on any atom is -0.381 e. The second-order valence-electron chi connectivity index (χ2n) is 6.83. The fourth-order valence-corrected chi connectivity index (χ4v) is 3.20. The first-order chi connectivity index (χ1) is 11.2. The van der Waals surface area contributed by atoms with Crippen molar-refractivity contribution in [1.82, 2.24) is 15.1 Å². The Morgan fingerprint density at radius 3 is 2.71 bits per heavy atom. The van der Waals surface area contributed by atoms with Crippen LogP contribution in [0.15, 0.2) is 4.99 Å². The molecule has 2 aliphatic rings. The molecule has 0 aliphatic carbocycles. The van der Waals surface area contributed by atoms with E-state index >= 15 is 0 Å². The third-order valence-electron chi connectivity index (χ3n) is 4.44. The molecule has 2 rings (SSSR count). The van der Waals surface area contributed by atoms with E-state index in [4.69, 9.17) is 9.47 Å². The lowest BCUT2D eigenvalue weighted by molar-refractivity contribution is 0.0195. The Bertz CT molecular complexity index is 362.